The van der Waals surface area contributed by atoms with Gasteiger partial charge in [-0.15, -0.1) is 0 Å². The minimum atomic E-state index is -0.730. The van der Waals surface area contributed by atoms with E-state index in [0.717, 1.165) is 6.07 Å². The molecular formula is C19H15ClFN3O4. The Hall–Kier alpha value is -3.39. The fourth-order valence-electron chi connectivity index (χ4n) is 2.52. The number of rotatable bonds is 5. The summed E-state index contributed by atoms with van der Waals surface area (Å²) in [5.74, 6) is -2.10. The molecule has 28 heavy (non-hydrogen) atoms. The first-order valence-electron chi connectivity index (χ1n) is 8.14. The number of anilines is 1. The number of ether oxygens (including phenoxy) is 1. The van der Waals surface area contributed by atoms with Gasteiger partial charge in [-0.05, 0) is 49.4 Å². The van der Waals surface area contributed by atoms with E-state index < -0.39 is 24.3 Å². The molecule has 1 amide bonds. The van der Waals surface area contributed by atoms with Crippen LogP contribution in [0.15, 0.2) is 53.5 Å². The van der Waals surface area contributed by atoms with E-state index in [1.54, 1.807) is 25.3 Å². The molecule has 0 saturated heterocycles. The number of hydrogen-bond donors (Lipinski definition) is 2. The van der Waals surface area contributed by atoms with Crippen LogP contribution in [0.5, 0.6) is 0 Å². The van der Waals surface area contributed by atoms with Crippen molar-refractivity contribution >= 4 is 29.2 Å². The van der Waals surface area contributed by atoms with Gasteiger partial charge in [0.05, 0.1) is 16.9 Å². The lowest BCUT2D eigenvalue weighted by molar-refractivity contribution is -0.119. The van der Waals surface area contributed by atoms with Crippen LogP contribution in [0.1, 0.15) is 16.1 Å². The summed E-state index contributed by atoms with van der Waals surface area (Å²) in [6, 6.07) is 9.83. The maximum absolute atomic E-state index is 13.6. The second-order valence-corrected chi connectivity index (χ2v) is 6.30. The van der Waals surface area contributed by atoms with Crippen LogP contribution < -0.4 is 11.0 Å². The molecule has 0 saturated carbocycles. The average Bonchev–Trinajstić information content (AvgIpc) is 3.01. The highest BCUT2D eigenvalue weighted by Gasteiger charge is 2.13. The third kappa shape index (κ3) is 4.29. The molecule has 0 spiro atoms. The topological polar surface area (TPSA) is 93.2 Å². The molecule has 9 heteroatoms. The SMILES string of the molecule is Cc1c[nH]c(=O)n1-c1ccc(C(=O)OCC(=O)Nc2cc(Cl)ccc2F)cc1. The van der Waals surface area contributed by atoms with Gasteiger partial charge in [0, 0.05) is 16.9 Å². The number of aromatic amines is 1. The van der Waals surface area contributed by atoms with Crippen LogP contribution in [0.25, 0.3) is 5.69 Å². The number of aryl methyl sites for hydroxylation is 1. The molecule has 3 rings (SSSR count). The van der Waals surface area contributed by atoms with Crippen LogP contribution in [0.2, 0.25) is 5.02 Å². The summed E-state index contributed by atoms with van der Waals surface area (Å²) in [6.45, 7) is 1.17. The van der Waals surface area contributed by atoms with Gasteiger partial charge in [0.15, 0.2) is 6.61 Å². The van der Waals surface area contributed by atoms with Gasteiger partial charge in [0.25, 0.3) is 5.91 Å². The normalized spacial score (nSPS) is 10.5. The zero-order valence-corrected chi connectivity index (χ0v) is 15.4. The predicted octanol–water partition coefficient (Wildman–Crippen LogP) is 3.06. The molecule has 1 aromatic heterocycles. The number of aromatic nitrogens is 2. The standard InChI is InChI=1S/C19H15ClFN3O4/c1-11-9-22-19(27)24(11)14-5-2-12(3-6-14)18(26)28-10-17(25)23-16-8-13(20)4-7-15(16)21/h2-9H,10H2,1H3,(H,22,27)(H,23,25). The van der Waals surface area contributed by atoms with Gasteiger partial charge in [-0.3, -0.25) is 9.36 Å². The average molecular weight is 404 g/mol. The number of nitrogens with zero attached hydrogens (tertiary/aromatic N) is 1. The van der Waals surface area contributed by atoms with E-state index in [0.29, 0.717) is 11.4 Å². The zero-order chi connectivity index (χ0) is 20.3. The number of carbonyl (C=O) groups excluding carboxylic acids is 2. The molecule has 0 aliphatic heterocycles. The molecule has 3 aromatic rings. The van der Waals surface area contributed by atoms with Crippen molar-refractivity contribution in [1.29, 1.82) is 0 Å². The maximum Gasteiger partial charge on any atom is 0.338 e. The van der Waals surface area contributed by atoms with Crippen LogP contribution in [0.4, 0.5) is 10.1 Å². The molecule has 0 fully saturated rings. The Balaban J connectivity index is 1.61. The van der Waals surface area contributed by atoms with Gasteiger partial charge in [0.2, 0.25) is 0 Å². The summed E-state index contributed by atoms with van der Waals surface area (Å²) in [4.78, 5) is 38.3. The fraction of sp³-hybridized carbons (Fsp3) is 0.105. The van der Waals surface area contributed by atoms with Crippen molar-refractivity contribution in [2.45, 2.75) is 6.92 Å². The molecule has 0 aliphatic rings. The lowest BCUT2D eigenvalue weighted by Crippen LogP contribution is -2.21. The van der Waals surface area contributed by atoms with Gasteiger partial charge in [-0.25, -0.2) is 14.0 Å². The molecule has 0 atom stereocenters. The Bertz CT molecular complexity index is 1090. The van der Waals surface area contributed by atoms with Crippen LogP contribution in [0.3, 0.4) is 0 Å². The quantitative estimate of drug-likeness (QED) is 0.640. The Morgan fingerprint density at radius 2 is 1.93 bits per heavy atom. The number of halogens is 2. The first kappa shape index (κ1) is 19.4. The van der Waals surface area contributed by atoms with Crippen molar-refractivity contribution in [1.82, 2.24) is 9.55 Å². The van der Waals surface area contributed by atoms with Crippen molar-refractivity contribution in [2.24, 2.45) is 0 Å². The first-order valence-corrected chi connectivity index (χ1v) is 8.52. The zero-order valence-electron chi connectivity index (χ0n) is 14.7. The summed E-state index contributed by atoms with van der Waals surface area (Å²) in [5.41, 5.74) is 1.09. The number of H-pyrrole nitrogens is 1. The number of imidazole rings is 1. The van der Waals surface area contributed by atoms with Gasteiger partial charge >= 0.3 is 11.7 Å². The van der Waals surface area contributed by atoms with Crippen molar-refractivity contribution in [3.05, 3.63) is 81.2 Å². The largest absolute Gasteiger partial charge is 0.452 e. The van der Waals surface area contributed by atoms with Crippen LogP contribution in [-0.2, 0) is 9.53 Å². The molecule has 144 valence electrons. The second kappa shape index (κ2) is 8.10. The van der Waals surface area contributed by atoms with Gasteiger partial charge in [0.1, 0.15) is 5.82 Å². The Morgan fingerprint density at radius 1 is 1.21 bits per heavy atom. The van der Waals surface area contributed by atoms with E-state index in [1.807, 2.05) is 0 Å². The molecular weight excluding hydrogens is 389 g/mol. The number of amides is 1. The maximum atomic E-state index is 13.6. The first-order chi connectivity index (χ1) is 13.3. The van der Waals surface area contributed by atoms with Crippen molar-refractivity contribution < 1.29 is 18.7 Å². The van der Waals surface area contributed by atoms with Gasteiger partial charge in [-0.2, -0.15) is 0 Å². The third-order valence-corrected chi connectivity index (χ3v) is 4.09. The number of hydrogen-bond acceptors (Lipinski definition) is 4. The van der Waals surface area contributed by atoms with Crippen molar-refractivity contribution in [2.75, 3.05) is 11.9 Å². The number of nitrogens with one attached hydrogen (secondary N) is 2. The molecule has 0 bridgehead atoms. The van der Waals surface area contributed by atoms with E-state index in [2.05, 4.69) is 10.3 Å². The van der Waals surface area contributed by atoms with Crippen molar-refractivity contribution in [3.63, 3.8) is 0 Å². The summed E-state index contributed by atoms with van der Waals surface area (Å²) >= 11 is 5.75. The lowest BCUT2D eigenvalue weighted by atomic mass is 10.2. The van der Waals surface area contributed by atoms with E-state index in [-0.39, 0.29) is 22.0 Å². The molecule has 2 N–H and O–H groups in total. The number of benzene rings is 2. The Kier molecular flexibility index (Phi) is 5.60. The molecule has 0 unspecified atom stereocenters. The second-order valence-electron chi connectivity index (χ2n) is 5.87. The monoisotopic (exact) mass is 403 g/mol. The summed E-state index contributed by atoms with van der Waals surface area (Å²) < 4.78 is 20.0. The van der Waals surface area contributed by atoms with Crippen LogP contribution in [0, 0.1) is 12.7 Å². The lowest BCUT2D eigenvalue weighted by Gasteiger charge is -2.08. The predicted molar refractivity (Wildman–Crippen MR) is 101 cm³/mol. The van der Waals surface area contributed by atoms with Gasteiger partial charge in [-0.1, -0.05) is 11.6 Å². The minimum absolute atomic E-state index is 0.106. The molecule has 7 nitrogen and oxygen atoms in total. The number of carbonyl (C=O) groups is 2. The number of esters is 1. The van der Waals surface area contributed by atoms with E-state index in [9.17, 15) is 18.8 Å². The van der Waals surface area contributed by atoms with E-state index in [4.69, 9.17) is 16.3 Å². The minimum Gasteiger partial charge on any atom is -0.452 e. The van der Waals surface area contributed by atoms with E-state index in [1.165, 1.54) is 28.8 Å². The van der Waals surface area contributed by atoms with Crippen LogP contribution in [-0.4, -0.2) is 28.0 Å². The Morgan fingerprint density at radius 3 is 2.57 bits per heavy atom. The summed E-state index contributed by atoms with van der Waals surface area (Å²) in [5, 5.41) is 2.54. The third-order valence-electron chi connectivity index (χ3n) is 3.86. The molecule has 1 heterocycles. The van der Waals surface area contributed by atoms with E-state index >= 15 is 0 Å². The molecule has 0 aliphatic carbocycles. The summed E-state index contributed by atoms with van der Waals surface area (Å²) in [7, 11) is 0. The smallest absolute Gasteiger partial charge is 0.338 e. The molecule has 0 radical (unpaired) electrons. The highest BCUT2D eigenvalue weighted by molar-refractivity contribution is 6.30. The highest BCUT2D eigenvalue weighted by Crippen LogP contribution is 2.19. The highest BCUT2D eigenvalue weighted by atomic mass is 35.5. The fourth-order valence-corrected chi connectivity index (χ4v) is 2.69. The van der Waals surface area contributed by atoms with Gasteiger partial charge < -0.3 is 15.0 Å². The Labute approximate surface area is 163 Å². The van der Waals surface area contributed by atoms with Crippen molar-refractivity contribution in [3.8, 4) is 5.69 Å². The summed E-state index contributed by atoms with van der Waals surface area (Å²) in [6.07, 6.45) is 1.58. The van der Waals surface area contributed by atoms with Crippen LogP contribution >= 0.6 is 11.6 Å². The molecule has 2 aromatic carbocycles.